The highest BCUT2D eigenvalue weighted by Gasteiger charge is 2.10. The van der Waals surface area contributed by atoms with E-state index < -0.39 is 5.82 Å². The van der Waals surface area contributed by atoms with Crippen LogP contribution in [0.2, 0.25) is 5.02 Å². The van der Waals surface area contributed by atoms with E-state index in [9.17, 15) is 9.18 Å². The van der Waals surface area contributed by atoms with Crippen molar-refractivity contribution in [2.75, 3.05) is 5.73 Å². The first-order valence-electron chi connectivity index (χ1n) is 5.50. The Hall–Kier alpha value is -2.14. The summed E-state index contributed by atoms with van der Waals surface area (Å²) >= 11 is 5.86. The first-order chi connectivity index (χ1) is 9.08. The maximum Gasteiger partial charge on any atom is 0.253 e. The number of nitrogen functional groups attached to an aromatic ring is 1. The number of hydrogen-bond acceptors (Lipinski definition) is 3. The fourth-order valence-electron chi connectivity index (χ4n) is 1.51. The van der Waals surface area contributed by atoms with Crippen LogP contribution in [-0.2, 0) is 6.54 Å². The molecule has 6 heteroatoms. The van der Waals surface area contributed by atoms with Crippen molar-refractivity contribution in [3.63, 3.8) is 0 Å². The lowest BCUT2D eigenvalue weighted by atomic mass is 10.2. The number of anilines is 1. The molecule has 0 aliphatic carbocycles. The fourth-order valence-corrected chi connectivity index (χ4v) is 1.74. The van der Waals surface area contributed by atoms with Gasteiger partial charge in [-0.3, -0.25) is 4.79 Å². The number of nitrogens with zero attached hydrogens (tertiary/aromatic N) is 1. The van der Waals surface area contributed by atoms with E-state index in [4.69, 9.17) is 17.3 Å². The Kier molecular flexibility index (Phi) is 3.97. The molecule has 2 aromatic rings. The number of aromatic nitrogens is 1. The Bertz CT molecular complexity index is 581. The first kappa shape index (κ1) is 13.3. The molecule has 0 bridgehead atoms. The minimum Gasteiger partial charge on any atom is -0.384 e. The summed E-state index contributed by atoms with van der Waals surface area (Å²) in [5.41, 5.74) is 6.02. The summed E-state index contributed by atoms with van der Waals surface area (Å²) in [6, 6.07) is 7.42. The van der Waals surface area contributed by atoms with Gasteiger partial charge in [0.2, 0.25) is 0 Å². The predicted octanol–water partition coefficient (Wildman–Crippen LogP) is 2.39. The van der Waals surface area contributed by atoms with Gasteiger partial charge in [-0.25, -0.2) is 9.37 Å². The van der Waals surface area contributed by atoms with E-state index in [1.807, 2.05) is 0 Å². The van der Waals surface area contributed by atoms with Gasteiger partial charge in [0.05, 0.1) is 5.56 Å². The number of rotatable bonds is 3. The molecule has 1 heterocycles. The van der Waals surface area contributed by atoms with Crippen LogP contribution in [0.15, 0.2) is 36.5 Å². The molecule has 0 saturated heterocycles. The smallest absolute Gasteiger partial charge is 0.253 e. The van der Waals surface area contributed by atoms with Crippen LogP contribution in [-0.4, -0.2) is 10.9 Å². The summed E-state index contributed by atoms with van der Waals surface area (Å²) in [4.78, 5) is 15.6. The second-order valence-corrected chi connectivity index (χ2v) is 4.26. The molecular formula is C13H11ClFN3O. The fraction of sp³-hybridized carbons (Fsp3) is 0.0769. The number of carbonyl (C=O) groups excluding carboxylic acids is 1. The zero-order valence-corrected chi connectivity index (χ0v) is 10.6. The molecule has 0 saturated carbocycles. The number of benzene rings is 1. The molecule has 0 aliphatic heterocycles. The molecular weight excluding hydrogens is 269 g/mol. The summed E-state index contributed by atoms with van der Waals surface area (Å²) < 4.78 is 13.5. The summed E-state index contributed by atoms with van der Waals surface area (Å²) in [6.45, 7) is 0.00865. The van der Waals surface area contributed by atoms with Gasteiger partial charge >= 0.3 is 0 Å². The van der Waals surface area contributed by atoms with Crippen molar-refractivity contribution < 1.29 is 9.18 Å². The predicted molar refractivity (Wildman–Crippen MR) is 71.2 cm³/mol. The Morgan fingerprint density at radius 1 is 1.37 bits per heavy atom. The highest BCUT2D eigenvalue weighted by atomic mass is 35.5. The molecule has 0 spiro atoms. The van der Waals surface area contributed by atoms with Gasteiger partial charge in [-0.15, -0.1) is 0 Å². The third-order valence-electron chi connectivity index (χ3n) is 2.54. The van der Waals surface area contributed by atoms with Crippen LogP contribution in [0.1, 0.15) is 15.9 Å². The minimum atomic E-state index is -0.455. The van der Waals surface area contributed by atoms with E-state index in [0.717, 1.165) is 0 Å². The molecule has 0 fully saturated rings. The quantitative estimate of drug-likeness (QED) is 0.906. The Morgan fingerprint density at radius 2 is 2.16 bits per heavy atom. The van der Waals surface area contributed by atoms with Crippen molar-refractivity contribution in [2.24, 2.45) is 0 Å². The number of amides is 1. The summed E-state index contributed by atoms with van der Waals surface area (Å²) in [6.07, 6.45) is 1.35. The Morgan fingerprint density at radius 3 is 2.79 bits per heavy atom. The van der Waals surface area contributed by atoms with Crippen LogP contribution in [0.3, 0.4) is 0 Å². The molecule has 0 unspecified atom stereocenters. The zero-order valence-electron chi connectivity index (χ0n) is 9.86. The monoisotopic (exact) mass is 279 g/mol. The standard InChI is InChI=1S/C13H11ClFN3O/c14-10-2-1-3-11(15)9(10)7-18-13(19)8-4-5-12(16)17-6-8/h1-6H,7H2,(H2,16,17)(H,18,19). The lowest BCUT2D eigenvalue weighted by Crippen LogP contribution is -2.23. The van der Waals surface area contributed by atoms with Gasteiger partial charge < -0.3 is 11.1 Å². The van der Waals surface area contributed by atoms with Crippen LogP contribution in [0, 0.1) is 5.82 Å². The molecule has 19 heavy (non-hydrogen) atoms. The van der Waals surface area contributed by atoms with Crippen molar-refractivity contribution in [1.29, 1.82) is 0 Å². The summed E-state index contributed by atoms with van der Waals surface area (Å²) in [7, 11) is 0. The Balaban J connectivity index is 2.06. The second-order valence-electron chi connectivity index (χ2n) is 3.85. The largest absolute Gasteiger partial charge is 0.384 e. The lowest BCUT2D eigenvalue weighted by molar-refractivity contribution is 0.0950. The number of carbonyl (C=O) groups is 1. The maximum atomic E-state index is 13.5. The van der Waals surface area contributed by atoms with Gasteiger partial charge in [0, 0.05) is 23.3 Å². The van der Waals surface area contributed by atoms with Crippen molar-refractivity contribution in [1.82, 2.24) is 10.3 Å². The van der Waals surface area contributed by atoms with Gasteiger partial charge in [0.15, 0.2) is 0 Å². The van der Waals surface area contributed by atoms with Crippen LogP contribution in [0.25, 0.3) is 0 Å². The average Bonchev–Trinajstić information content (AvgIpc) is 2.38. The molecule has 1 amide bonds. The maximum absolute atomic E-state index is 13.5. The van der Waals surface area contributed by atoms with E-state index >= 15 is 0 Å². The van der Waals surface area contributed by atoms with Crippen LogP contribution >= 0.6 is 11.6 Å². The molecule has 2 rings (SSSR count). The van der Waals surface area contributed by atoms with Crippen LogP contribution in [0.4, 0.5) is 10.2 Å². The van der Waals surface area contributed by atoms with E-state index in [1.54, 1.807) is 12.1 Å². The van der Waals surface area contributed by atoms with Gasteiger partial charge in [0.25, 0.3) is 5.91 Å². The molecule has 0 radical (unpaired) electrons. The first-order valence-corrected chi connectivity index (χ1v) is 5.88. The molecule has 0 aliphatic rings. The van der Waals surface area contributed by atoms with Crippen molar-refractivity contribution in [3.8, 4) is 0 Å². The minimum absolute atomic E-state index is 0.00865. The van der Waals surface area contributed by atoms with E-state index in [2.05, 4.69) is 10.3 Å². The molecule has 0 atom stereocenters. The number of nitrogens with one attached hydrogen (secondary N) is 1. The second kappa shape index (κ2) is 5.67. The Labute approximate surface area is 114 Å². The van der Waals surface area contributed by atoms with Crippen molar-refractivity contribution in [3.05, 3.63) is 58.5 Å². The highest BCUT2D eigenvalue weighted by molar-refractivity contribution is 6.31. The topological polar surface area (TPSA) is 68.0 Å². The highest BCUT2D eigenvalue weighted by Crippen LogP contribution is 2.18. The SMILES string of the molecule is Nc1ccc(C(=O)NCc2c(F)cccc2Cl)cn1. The van der Waals surface area contributed by atoms with Crippen molar-refractivity contribution in [2.45, 2.75) is 6.54 Å². The van der Waals surface area contributed by atoms with Gasteiger partial charge in [-0.2, -0.15) is 0 Å². The normalized spacial score (nSPS) is 10.2. The third-order valence-corrected chi connectivity index (χ3v) is 2.89. The molecule has 98 valence electrons. The van der Waals surface area contributed by atoms with Crippen molar-refractivity contribution >= 4 is 23.3 Å². The molecule has 3 N–H and O–H groups in total. The van der Waals surface area contributed by atoms with E-state index in [0.29, 0.717) is 11.4 Å². The zero-order chi connectivity index (χ0) is 13.8. The summed E-state index contributed by atoms with van der Waals surface area (Å²) in [5.74, 6) is -0.497. The molecule has 1 aromatic heterocycles. The number of halogens is 2. The lowest BCUT2D eigenvalue weighted by Gasteiger charge is -2.08. The molecule has 4 nitrogen and oxygen atoms in total. The van der Waals surface area contributed by atoms with Crippen LogP contribution < -0.4 is 11.1 Å². The number of nitrogens with two attached hydrogens (primary N) is 1. The average molecular weight is 280 g/mol. The van der Waals surface area contributed by atoms with Crippen LogP contribution in [0.5, 0.6) is 0 Å². The van der Waals surface area contributed by atoms with Gasteiger partial charge in [0.1, 0.15) is 11.6 Å². The number of pyridine rings is 1. The van der Waals surface area contributed by atoms with E-state index in [1.165, 1.54) is 24.4 Å². The third kappa shape index (κ3) is 3.20. The van der Waals surface area contributed by atoms with Gasteiger partial charge in [-0.05, 0) is 24.3 Å². The summed E-state index contributed by atoms with van der Waals surface area (Å²) in [5, 5.41) is 2.85. The van der Waals surface area contributed by atoms with E-state index in [-0.39, 0.29) is 23.0 Å². The number of hydrogen-bond donors (Lipinski definition) is 2. The van der Waals surface area contributed by atoms with Gasteiger partial charge in [-0.1, -0.05) is 17.7 Å². The molecule has 1 aromatic carbocycles.